The van der Waals surface area contributed by atoms with E-state index in [2.05, 4.69) is 47.2 Å². The van der Waals surface area contributed by atoms with Crippen LogP contribution in [0.1, 0.15) is 23.2 Å². The van der Waals surface area contributed by atoms with Crippen LogP contribution in [-0.2, 0) is 6.42 Å². The highest BCUT2D eigenvalue weighted by atomic mass is 35.5. The molecule has 3 aromatic rings. The second-order valence-corrected chi connectivity index (χ2v) is 5.86. The lowest BCUT2D eigenvalue weighted by Crippen LogP contribution is -2.20. The van der Waals surface area contributed by atoms with Gasteiger partial charge in [-0.05, 0) is 41.8 Å². The number of nitrogens with zero attached hydrogens (tertiary/aromatic N) is 1. The van der Waals surface area contributed by atoms with Gasteiger partial charge in [-0.3, -0.25) is 0 Å². The number of hydrogen-bond donors (Lipinski definition) is 1. The Morgan fingerprint density at radius 1 is 1.10 bits per heavy atom. The minimum atomic E-state index is 0.0532. The summed E-state index contributed by atoms with van der Waals surface area (Å²) in [5, 5.41) is 1.94. The Labute approximate surface area is 122 Å². The number of aromatic nitrogens is 1. The summed E-state index contributed by atoms with van der Waals surface area (Å²) < 4.78 is 2.29. The van der Waals surface area contributed by atoms with E-state index in [1.54, 1.807) is 0 Å². The summed E-state index contributed by atoms with van der Waals surface area (Å²) >= 11 is 6.06. The van der Waals surface area contributed by atoms with Gasteiger partial charge in [0, 0.05) is 22.1 Å². The number of hydrogen-bond acceptors (Lipinski definition) is 1. The molecule has 3 heteroatoms. The zero-order valence-corrected chi connectivity index (χ0v) is 11.7. The van der Waals surface area contributed by atoms with Crippen LogP contribution in [0.5, 0.6) is 0 Å². The molecule has 0 amide bonds. The summed E-state index contributed by atoms with van der Waals surface area (Å²) in [6.07, 6.45) is 3.11. The van der Waals surface area contributed by atoms with Gasteiger partial charge in [-0.25, -0.2) is 0 Å². The normalized spacial score (nSPS) is 21.3. The molecule has 2 atom stereocenters. The highest BCUT2D eigenvalue weighted by molar-refractivity contribution is 6.31. The molecule has 2 N–H and O–H groups in total. The van der Waals surface area contributed by atoms with Crippen molar-refractivity contribution in [2.45, 2.75) is 18.5 Å². The number of rotatable bonds is 1. The molecule has 2 unspecified atom stereocenters. The molecule has 1 aliphatic carbocycles. The second kappa shape index (κ2) is 4.37. The fourth-order valence-electron chi connectivity index (χ4n) is 3.30. The maximum Gasteiger partial charge on any atom is 0.0569 e. The van der Waals surface area contributed by atoms with Gasteiger partial charge in [0.2, 0.25) is 0 Å². The van der Waals surface area contributed by atoms with E-state index in [1.807, 2.05) is 12.1 Å². The standard InChI is InChI=1S/C17H15ClN2/c18-13-5-6-15-12(9-13)7-8-20(15)16-10-11-3-1-2-4-14(11)17(16)19/h1-9,16-17H,10,19H2. The van der Waals surface area contributed by atoms with E-state index in [0.29, 0.717) is 0 Å². The van der Waals surface area contributed by atoms with Gasteiger partial charge < -0.3 is 10.3 Å². The Morgan fingerprint density at radius 3 is 2.80 bits per heavy atom. The Kier molecular flexibility index (Phi) is 2.62. The van der Waals surface area contributed by atoms with Crippen LogP contribution in [0.2, 0.25) is 5.02 Å². The molecule has 2 nitrogen and oxygen atoms in total. The van der Waals surface area contributed by atoms with Crippen molar-refractivity contribution in [1.29, 1.82) is 0 Å². The molecule has 0 radical (unpaired) electrons. The molecule has 0 saturated carbocycles. The first-order valence-corrected chi connectivity index (χ1v) is 7.21. The van der Waals surface area contributed by atoms with Gasteiger partial charge in [0.1, 0.15) is 0 Å². The molecule has 4 rings (SSSR count). The van der Waals surface area contributed by atoms with Crippen LogP contribution in [0.25, 0.3) is 10.9 Å². The fourth-order valence-corrected chi connectivity index (χ4v) is 3.48. The van der Waals surface area contributed by atoms with Crippen molar-refractivity contribution < 1.29 is 0 Å². The van der Waals surface area contributed by atoms with Gasteiger partial charge >= 0.3 is 0 Å². The van der Waals surface area contributed by atoms with Crippen molar-refractivity contribution in [1.82, 2.24) is 4.57 Å². The van der Waals surface area contributed by atoms with Gasteiger partial charge in [-0.15, -0.1) is 0 Å². The average molecular weight is 283 g/mol. The molecule has 0 fully saturated rings. The highest BCUT2D eigenvalue weighted by Crippen LogP contribution is 2.39. The smallest absolute Gasteiger partial charge is 0.0569 e. The largest absolute Gasteiger partial charge is 0.342 e. The van der Waals surface area contributed by atoms with Gasteiger partial charge in [0.05, 0.1) is 12.1 Å². The predicted molar refractivity (Wildman–Crippen MR) is 83.1 cm³/mol. The summed E-state index contributed by atoms with van der Waals surface area (Å²) in [7, 11) is 0. The summed E-state index contributed by atoms with van der Waals surface area (Å²) in [5.41, 5.74) is 10.3. The van der Waals surface area contributed by atoms with Crippen LogP contribution in [-0.4, -0.2) is 4.57 Å². The third kappa shape index (κ3) is 1.69. The summed E-state index contributed by atoms with van der Waals surface area (Å²) in [6, 6.07) is 16.9. The van der Waals surface area contributed by atoms with Crippen LogP contribution in [0.4, 0.5) is 0 Å². The van der Waals surface area contributed by atoms with E-state index >= 15 is 0 Å². The van der Waals surface area contributed by atoms with Crippen molar-refractivity contribution in [3.63, 3.8) is 0 Å². The molecule has 2 aromatic carbocycles. The van der Waals surface area contributed by atoms with Crippen molar-refractivity contribution in [2.24, 2.45) is 5.73 Å². The predicted octanol–water partition coefficient (Wildman–Crippen LogP) is 4.09. The van der Waals surface area contributed by atoms with Crippen molar-refractivity contribution >= 4 is 22.5 Å². The molecule has 0 spiro atoms. The molecule has 0 aliphatic heterocycles. The summed E-state index contributed by atoms with van der Waals surface area (Å²) in [6.45, 7) is 0. The Balaban J connectivity index is 1.82. The molecule has 1 aliphatic rings. The number of nitrogens with two attached hydrogens (primary N) is 1. The SMILES string of the molecule is NC1c2ccccc2CC1n1ccc2cc(Cl)ccc21. The molecule has 20 heavy (non-hydrogen) atoms. The summed E-state index contributed by atoms with van der Waals surface area (Å²) in [4.78, 5) is 0. The molecule has 1 aromatic heterocycles. The van der Waals surface area contributed by atoms with Gasteiger partial charge in [0.15, 0.2) is 0 Å². The van der Waals surface area contributed by atoms with E-state index in [4.69, 9.17) is 17.3 Å². The van der Waals surface area contributed by atoms with Crippen LogP contribution < -0.4 is 5.73 Å². The zero-order valence-electron chi connectivity index (χ0n) is 11.0. The quantitative estimate of drug-likeness (QED) is 0.716. The maximum atomic E-state index is 6.46. The highest BCUT2D eigenvalue weighted by Gasteiger charge is 2.30. The first kappa shape index (κ1) is 12.0. The Morgan fingerprint density at radius 2 is 1.95 bits per heavy atom. The Bertz CT molecular complexity index is 791. The maximum absolute atomic E-state index is 6.46. The number of fused-ring (bicyclic) bond motifs is 2. The molecule has 1 heterocycles. The fraction of sp³-hybridized carbons (Fsp3) is 0.176. The van der Waals surface area contributed by atoms with Crippen molar-refractivity contribution in [3.8, 4) is 0 Å². The van der Waals surface area contributed by atoms with E-state index in [9.17, 15) is 0 Å². The lowest BCUT2D eigenvalue weighted by atomic mass is 10.1. The molecular formula is C17H15ClN2. The monoisotopic (exact) mass is 282 g/mol. The van der Waals surface area contributed by atoms with E-state index in [0.717, 1.165) is 11.4 Å². The zero-order chi connectivity index (χ0) is 13.7. The summed E-state index contributed by atoms with van der Waals surface area (Å²) in [5.74, 6) is 0. The van der Waals surface area contributed by atoms with Gasteiger partial charge in [0.25, 0.3) is 0 Å². The van der Waals surface area contributed by atoms with Crippen molar-refractivity contribution in [2.75, 3.05) is 0 Å². The van der Waals surface area contributed by atoms with Crippen LogP contribution in [0.3, 0.4) is 0 Å². The molecule has 100 valence electrons. The average Bonchev–Trinajstić information content (AvgIpc) is 3.00. The van der Waals surface area contributed by atoms with Gasteiger partial charge in [-0.1, -0.05) is 35.9 Å². The minimum Gasteiger partial charge on any atom is -0.342 e. The first-order chi connectivity index (χ1) is 9.74. The molecular weight excluding hydrogens is 268 g/mol. The van der Waals surface area contributed by atoms with Gasteiger partial charge in [-0.2, -0.15) is 0 Å². The number of halogens is 1. The van der Waals surface area contributed by atoms with Crippen LogP contribution >= 0.6 is 11.6 Å². The first-order valence-electron chi connectivity index (χ1n) is 6.83. The number of benzene rings is 2. The molecule has 0 saturated heterocycles. The van der Waals surface area contributed by atoms with E-state index in [1.165, 1.54) is 22.0 Å². The van der Waals surface area contributed by atoms with E-state index in [-0.39, 0.29) is 12.1 Å². The molecule has 0 bridgehead atoms. The minimum absolute atomic E-state index is 0.0532. The van der Waals surface area contributed by atoms with Crippen molar-refractivity contribution in [3.05, 3.63) is 70.9 Å². The third-order valence-corrected chi connectivity index (χ3v) is 4.53. The lowest BCUT2D eigenvalue weighted by Gasteiger charge is -2.19. The second-order valence-electron chi connectivity index (χ2n) is 5.42. The van der Waals surface area contributed by atoms with Crippen LogP contribution in [0.15, 0.2) is 54.7 Å². The third-order valence-electron chi connectivity index (χ3n) is 4.30. The van der Waals surface area contributed by atoms with E-state index < -0.39 is 0 Å². The van der Waals surface area contributed by atoms with Crippen LogP contribution in [0, 0.1) is 0 Å². The Hall–Kier alpha value is -1.77. The lowest BCUT2D eigenvalue weighted by molar-refractivity contribution is 0.462. The topological polar surface area (TPSA) is 30.9 Å².